The number of rotatable bonds is 7. The maximum absolute atomic E-state index is 13.1. The molecule has 0 amide bonds. The van der Waals surface area contributed by atoms with Crippen molar-refractivity contribution < 1.29 is 4.39 Å². The zero-order valence-corrected chi connectivity index (χ0v) is 16.4. The summed E-state index contributed by atoms with van der Waals surface area (Å²) in [5.41, 5.74) is 8.57. The Hall–Kier alpha value is -3.85. The van der Waals surface area contributed by atoms with Gasteiger partial charge in [-0.1, -0.05) is 18.2 Å². The molecule has 0 aliphatic carbocycles. The van der Waals surface area contributed by atoms with Crippen molar-refractivity contribution in [1.82, 2.24) is 29.6 Å². The van der Waals surface area contributed by atoms with Crippen molar-refractivity contribution in [3.63, 3.8) is 0 Å². The van der Waals surface area contributed by atoms with Crippen molar-refractivity contribution in [3.05, 3.63) is 84.2 Å². The van der Waals surface area contributed by atoms with E-state index in [9.17, 15) is 4.39 Å². The van der Waals surface area contributed by atoms with E-state index < -0.39 is 0 Å². The molecular weight excluding hydrogens is 383 g/mol. The number of hydrogen-bond donors (Lipinski definition) is 2. The third-order valence-corrected chi connectivity index (χ3v) is 4.32. The van der Waals surface area contributed by atoms with Crippen LogP contribution in [0.2, 0.25) is 0 Å². The number of nitrogen functional groups attached to an aromatic ring is 1. The van der Waals surface area contributed by atoms with Crippen LogP contribution in [0.15, 0.2) is 67.0 Å². The van der Waals surface area contributed by atoms with Crippen LogP contribution in [0.3, 0.4) is 0 Å². The molecule has 0 bridgehead atoms. The zero-order chi connectivity index (χ0) is 20.9. The van der Waals surface area contributed by atoms with Gasteiger partial charge >= 0.3 is 0 Å². The lowest BCUT2D eigenvalue weighted by atomic mass is 10.3. The Balaban J connectivity index is 1.42. The smallest absolute Gasteiger partial charge is 0.232 e. The molecule has 0 aliphatic heterocycles. The lowest BCUT2D eigenvalue weighted by Crippen LogP contribution is -2.20. The van der Waals surface area contributed by atoms with Crippen LogP contribution in [0, 0.1) is 5.82 Å². The summed E-state index contributed by atoms with van der Waals surface area (Å²) in [6.07, 6.45) is 3.84. The van der Waals surface area contributed by atoms with Gasteiger partial charge in [-0.05, 0) is 43.4 Å². The summed E-state index contributed by atoms with van der Waals surface area (Å²) in [7, 11) is 1.97. The molecule has 0 aliphatic rings. The highest BCUT2D eigenvalue weighted by Crippen LogP contribution is 2.15. The fourth-order valence-corrected chi connectivity index (χ4v) is 3.00. The topological polar surface area (TPSA) is 97.8 Å². The molecule has 0 spiro atoms. The Morgan fingerprint density at radius 1 is 1.00 bits per heavy atom. The van der Waals surface area contributed by atoms with Crippen molar-refractivity contribution in [1.29, 1.82) is 0 Å². The van der Waals surface area contributed by atoms with Crippen LogP contribution in [0.5, 0.6) is 0 Å². The van der Waals surface area contributed by atoms with Crippen LogP contribution >= 0.6 is 0 Å². The fraction of sp³-hybridized carbons (Fsp3) is 0.143. The highest BCUT2D eigenvalue weighted by Gasteiger charge is 2.10. The number of hydrogen-bond acceptors (Lipinski definition) is 7. The van der Waals surface area contributed by atoms with Gasteiger partial charge < -0.3 is 11.1 Å². The molecule has 3 N–H and O–H groups in total. The summed E-state index contributed by atoms with van der Waals surface area (Å²) in [6, 6.07) is 15.9. The second-order valence-electron chi connectivity index (χ2n) is 6.87. The average Bonchev–Trinajstić information content (AvgIpc) is 3.18. The second kappa shape index (κ2) is 8.66. The van der Waals surface area contributed by atoms with Gasteiger partial charge in [0.1, 0.15) is 11.6 Å². The minimum Gasteiger partial charge on any atom is -0.368 e. The predicted molar refractivity (Wildman–Crippen MR) is 113 cm³/mol. The number of nitrogens with zero attached hydrogens (tertiary/aromatic N) is 6. The van der Waals surface area contributed by atoms with Crippen LogP contribution < -0.4 is 11.1 Å². The molecule has 0 fully saturated rings. The summed E-state index contributed by atoms with van der Waals surface area (Å²) >= 11 is 0. The van der Waals surface area contributed by atoms with Gasteiger partial charge in [-0.15, -0.1) is 0 Å². The monoisotopic (exact) mass is 404 g/mol. The molecule has 30 heavy (non-hydrogen) atoms. The van der Waals surface area contributed by atoms with E-state index in [4.69, 9.17) is 5.73 Å². The Bertz CT molecular complexity index is 1110. The van der Waals surface area contributed by atoms with E-state index in [1.807, 2.05) is 54.5 Å². The molecule has 0 saturated heterocycles. The number of nitrogens with one attached hydrogen (secondary N) is 1. The first kappa shape index (κ1) is 19.5. The minimum absolute atomic E-state index is 0.120. The molecule has 0 radical (unpaired) electrons. The highest BCUT2D eigenvalue weighted by atomic mass is 19.1. The van der Waals surface area contributed by atoms with E-state index in [-0.39, 0.29) is 11.8 Å². The SMILES string of the molecule is CN(Cc1cnn(-c2ccccc2)c1)Cc1nc(N)nc(Nc2ccc(F)cc2)n1. The van der Waals surface area contributed by atoms with E-state index in [0.29, 0.717) is 30.5 Å². The molecule has 0 unspecified atom stereocenters. The van der Waals surface area contributed by atoms with Gasteiger partial charge in [-0.2, -0.15) is 20.1 Å². The van der Waals surface area contributed by atoms with Gasteiger partial charge in [0.2, 0.25) is 11.9 Å². The lowest BCUT2D eigenvalue weighted by Gasteiger charge is -2.15. The Morgan fingerprint density at radius 3 is 2.53 bits per heavy atom. The second-order valence-corrected chi connectivity index (χ2v) is 6.87. The van der Waals surface area contributed by atoms with Gasteiger partial charge in [-0.25, -0.2) is 9.07 Å². The summed E-state index contributed by atoms with van der Waals surface area (Å²) in [5, 5.41) is 7.44. The highest BCUT2D eigenvalue weighted by molar-refractivity contribution is 5.53. The number of benzene rings is 2. The molecule has 8 nitrogen and oxygen atoms in total. The average molecular weight is 404 g/mol. The van der Waals surface area contributed by atoms with Crippen LogP contribution in [-0.2, 0) is 13.1 Å². The Kier molecular flexibility index (Phi) is 5.62. The number of aromatic nitrogens is 5. The summed E-state index contributed by atoms with van der Waals surface area (Å²) in [5.74, 6) is 0.656. The van der Waals surface area contributed by atoms with E-state index in [1.54, 1.807) is 12.1 Å². The third kappa shape index (κ3) is 4.95. The fourth-order valence-electron chi connectivity index (χ4n) is 3.00. The Morgan fingerprint density at radius 2 is 1.77 bits per heavy atom. The lowest BCUT2D eigenvalue weighted by molar-refractivity contribution is 0.310. The number of nitrogens with two attached hydrogens (primary N) is 1. The quantitative estimate of drug-likeness (QED) is 0.488. The van der Waals surface area contributed by atoms with Gasteiger partial charge in [0, 0.05) is 24.0 Å². The summed E-state index contributed by atoms with van der Waals surface area (Å²) in [4.78, 5) is 14.8. The van der Waals surface area contributed by atoms with E-state index in [1.165, 1.54) is 12.1 Å². The maximum atomic E-state index is 13.1. The maximum Gasteiger partial charge on any atom is 0.232 e. The van der Waals surface area contributed by atoms with Crippen LogP contribution in [0.4, 0.5) is 22.0 Å². The summed E-state index contributed by atoms with van der Waals surface area (Å²) in [6.45, 7) is 1.14. The largest absolute Gasteiger partial charge is 0.368 e. The normalized spacial score (nSPS) is 11.0. The molecule has 152 valence electrons. The predicted octanol–water partition coefficient (Wildman–Crippen LogP) is 3.15. The first-order chi connectivity index (χ1) is 14.5. The van der Waals surface area contributed by atoms with Crippen LogP contribution in [0.25, 0.3) is 5.69 Å². The molecule has 0 atom stereocenters. The standard InChI is InChI=1S/C21H21FN8/c1-29(12-15-11-24-30(13-15)18-5-3-2-4-6-18)14-19-26-20(23)28-21(27-19)25-17-9-7-16(22)8-10-17/h2-11,13H,12,14H2,1H3,(H3,23,25,26,27,28). The van der Waals surface area contributed by atoms with E-state index in [2.05, 4.69) is 30.3 Å². The minimum atomic E-state index is -0.311. The van der Waals surface area contributed by atoms with Crippen LogP contribution in [-0.4, -0.2) is 36.7 Å². The third-order valence-electron chi connectivity index (χ3n) is 4.32. The van der Waals surface area contributed by atoms with Crippen molar-refractivity contribution in [2.45, 2.75) is 13.1 Å². The van der Waals surface area contributed by atoms with Gasteiger partial charge in [-0.3, -0.25) is 4.90 Å². The Labute approximate surface area is 173 Å². The van der Waals surface area contributed by atoms with Crippen molar-refractivity contribution >= 4 is 17.6 Å². The van der Waals surface area contributed by atoms with Crippen molar-refractivity contribution in [2.24, 2.45) is 0 Å². The van der Waals surface area contributed by atoms with E-state index in [0.717, 1.165) is 11.3 Å². The first-order valence-corrected chi connectivity index (χ1v) is 9.36. The molecule has 2 aromatic carbocycles. The molecule has 9 heteroatoms. The number of halogens is 1. The van der Waals surface area contributed by atoms with Crippen molar-refractivity contribution in [3.8, 4) is 5.69 Å². The van der Waals surface area contributed by atoms with Gasteiger partial charge in [0.15, 0.2) is 0 Å². The van der Waals surface area contributed by atoms with Crippen molar-refractivity contribution in [2.75, 3.05) is 18.1 Å². The molecule has 4 rings (SSSR count). The van der Waals surface area contributed by atoms with Gasteiger partial charge in [0.25, 0.3) is 0 Å². The molecule has 4 aromatic rings. The summed E-state index contributed by atoms with van der Waals surface area (Å²) < 4.78 is 14.9. The number of anilines is 3. The molecule has 2 aromatic heterocycles. The molecule has 0 saturated carbocycles. The van der Waals surface area contributed by atoms with Crippen LogP contribution in [0.1, 0.15) is 11.4 Å². The van der Waals surface area contributed by atoms with E-state index >= 15 is 0 Å². The number of para-hydroxylation sites is 1. The van der Waals surface area contributed by atoms with Gasteiger partial charge in [0.05, 0.1) is 18.4 Å². The zero-order valence-electron chi connectivity index (χ0n) is 16.4. The molecular formula is C21H21FN8. The first-order valence-electron chi connectivity index (χ1n) is 9.36. The molecule has 2 heterocycles.